The SMILES string of the molecule is C=CC(=O)N1CSCC1C(=O)Nc1ccc(OC)cc1. The number of rotatable bonds is 4. The van der Waals surface area contributed by atoms with Crippen molar-refractivity contribution in [2.45, 2.75) is 6.04 Å². The van der Waals surface area contributed by atoms with Crippen molar-refractivity contribution in [1.29, 1.82) is 0 Å². The molecular weight excluding hydrogens is 276 g/mol. The van der Waals surface area contributed by atoms with Gasteiger partial charge in [0.25, 0.3) is 0 Å². The summed E-state index contributed by atoms with van der Waals surface area (Å²) < 4.78 is 5.06. The Kier molecular flexibility index (Phi) is 4.68. The van der Waals surface area contributed by atoms with E-state index in [1.54, 1.807) is 43.1 Å². The Morgan fingerprint density at radius 1 is 1.45 bits per heavy atom. The third-order valence-corrected chi connectivity index (χ3v) is 4.01. The molecule has 1 atom stereocenters. The number of nitrogens with zero attached hydrogens (tertiary/aromatic N) is 1. The average Bonchev–Trinajstić information content (AvgIpc) is 2.96. The maximum atomic E-state index is 12.2. The van der Waals surface area contributed by atoms with Crippen LogP contribution in [-0.2, 0) is 9.59 Å². The third kappa shape index (κ3) is 3.14. The average molecular weight is 292 g/mol. The molecule has 1 N–H and O–H groups in total. The summed E-state index contributed by atoms with van der Waals surface area (Å²) in [5, 5.41) is 2.81. The highest BCUT2D eigenvalue weighted by molar-refractivity contribution is 7.99. The molecule has 1 aliphatic rings. The predicted molar refractivity (Wildman–Crippen MR) is 79.8 cm³/mol. The fourth-order valence-corrected chi connectivity index (χ4v) is 3.06. The number of benzene rings is 1. The summed E-state index contributed by atoms with van der Waals surface area (Å²) in [4.78, 5) is 25.4. The summed E-state index contributed by atoms with van der Waals surface area (Å²) >= 11 is 1.56. The van der Waals surface area contributed by atoms with Crippen LogP contribution in [-0.4, -0.2) is 41.5 Å². The first-order valence-electron chi connectivity index (χ1n) is 6.11. The zero-order valence-electron chi connectivity index (χ0n) is 11.2. The Balaban J connectivity index is 2.03. The summed E-state index contributed by atoms with van der Waals surface area (Å²) in [6.45, 7) is 3.46. The highest BCUT2D eigenvalue weighted by Gasteiger charge is 2.33. The number of carbonyl (C=O) groups is 2. The molecular formula is C14H16N2O3S. The molecule has 6 heteroatoms. The number of thioether (sulfide) groups is 1. The minimum Gasteiger partial charge on any atom is -0.497 e. The summed E-state index contributed by atoms with van der Waals surface area (Å²) in [7, 11) is 1.59. The van der Waals surface area contributed by atoms with Gasteiger partial charge in [0.05, 0.1) is 13.0 Å². The summed E-state index contributed by atoms with van der Waals surface area (Å²) in [6.07, 6.45) is 1.24. The lowest BCUT2D eigenvalue weighted by molar-refractivity contribution is -0.132. The van der Waals surface area contributed by atoms with Crippen molar-refractivity contribution < 1.29 is 14.3 Å². The second-order valence-corrected chi connectivity index (χ2v) is 5.25. The molecule has 5 nitrogen and oxygen atoms in total. The van der Waals surface area contributed by atoms with Gasteiger partial charge in [-0.25, -0.2) is 0 Å². The van der Waals surface area contributed by atoms with E-state index in [9.17, 15) is 9.59 Å². The van der Waals surface area contributed by atoms with E-state index in [1.165, 1.54) is 11.0 Å². The van der Waals surface area contributed by atoms with Crippen LogP contribution >= 0.6 is 11.8 Å². The second-order valence-electron chi connectivity index (χ2n) is 4.25. The van der Waals surface area contributed by atoms with Gasteiger partial charge >= 0.3 is 0 Å². The lowest BCUT2D eigenvalue weighted by Crippen LogP contribution is -2.43. The van der Waals surface area contributed by atoms with E-state index in [0.29, 0.717) is 17.3 Å². The van der Waals surface area contributed by atoms with Crippen molar-refractivity contribution in [3.8, 4) is 5.75 Å². The molecule has 0 aromatic heterocycles. The molecule has 0 aliphatic carbocycles. The molecule has 1 unspecified atom stereocenters. The Morgan fingerprint density at radius 2 is 2.15 bits per heavy atom. The molecule has 20 heavy (non-hydrogen) atoms. The van der Waals surface area contributed by atoms with Crippen LogP contribution in [0.2, 0.25) is 0 Å². The lowest BCUT2D eigenvalue weighted by atomic mass is 10.2. The van der Waals surface area contributed by atoms with Gasteiger partial charge in [0.2, 0.25) is 11.8 Å². The molecule has 0 saturated carbocycles. The van der Waals surface area contributed by atoms with Gasteiger partial charge in [-0.3, -0.25) is 9.59 Å². The molecule has 2 amide bonds. The number of anilines is 1. The largest absolute Gasteiger partial charge is 0.497 e. The minimum atomic E-state index is -0.451. The smallest absolute Gasteiger partial charge is 0.248 e. The number of methoxy groups -OCH3 is 1. The second kappa shape index (κ2) is 6.47. The normalized spacial score (nSPS) is 17.6. The Morgan fingerprint density at radius 3 is 2.75 bits per heavy atom. The predicted octanol–water partition coefficient (Wildman–Crippen LogP) is 1.72. The Bertz CT molecular complexity index is 516. The molecule has 2 rings (SSSR count). The van der Waals surface area contributed by atoms with Crippen molar-refractivity contribution in [1.82, 2.24) is 4.90 Å². The first kappa shape index (κ1) is 14.5. The van der Waals surface area contributed by atoms with Crippen molar-refractivity contribution in [2.24, 2.45) is 0 Å². The molecule has 1 heterocycles. The monoisotopic (exact) mass is 292 g/mol. The van der Waals surface area contributed by atoms with Crippen LogP contribution < -0.4 is 10.1 Å². The fraction of sp³-hybridized carbons (Fsp3) is 0.286. The number of hydrogen-bond donors (Lipinski definition) is 1. The molecule has 0 spiro atoms. The molecule has 0 radical (unpaired) electrons. The van der Waals surface area contributed by atoms with Gasteiger partial charge in [0, 0.05) is 11.4 Å². The topological polar surface area (TPSA) is 58.6 Å². The van der Waals surface area contributed by atoms with E-state index in [2.05, 4.69) is 11.9 Å². The number of carbonyl (C=O) groups excluding carboxylic acids is 2. The van der Waals surface area contributed by atoms with Crippen molar-refractivity contribution in [3.63, 3.8) is 0 Å². The Labute approximate surface area is 122 Å². The first-order chi connectivity index (χ1) is 9.65. The van der Waals surface area contributed by atoms with Crippen LogP contribution in [0.3, 0.4) is 0 Å². The zero-order valence-corrected chi connectivity index (χ0v) is 12.0. The molecule has 1 aromatic rings. The standard InChI is InChI=1S/C14H16N2O3S/c1-3-13(17)16-9-20-8-12(16)14(18)15-10-4-6-11(19-2)7-5-10/h3-7,12H,1,8-9H2,2H3,(H,15,18). The van der Waals surface area contributed by atoms with Crippen LogP contribution in [0.5, 0.6) is 5.75 Å². The number of hydrogen-bond acceptors (Lipinski definition) is 4. The van der Waals surface area contributed by atoms with E-state index in [1.807, 2.05) is 0 Å². The lowest BCUT2D eigenvalue weighted by Gasteiger charge is -2.21. The van der Waals surface area contributed by atoms with E-state index < -0.39 is 6.04 Å². The molecule has 1 aliphatic heterocycles. The molecule has 0 bridgehead atoms. The summed E-state index contributed by atoms with van der Waals surface area (Å²) in [5.74, 6) is 1.44. The van der Waals surface area contributed by atoms with Crippen LogP contribution in [0.4, 0.5) is 5.69 Å². The van der Waals surface area contributed by atoms with Gasteiger partial charge in [-0.2, -0.15) is 0 Å². The quantitative estimate of drug-likeness (QED) is 0.859. The van der Waals surface area contributed by atoms with Crippen LogP contribution in [0, 0.1) is 0 Å². The van der Waals surface area contributed by atoms with E-state index in [4.69, 9.17) is 4.74 Å². The molecule has 1 saturated heterocycles. The Hall–Kier alpha value is -1.95. The van der Waals surface area contributed by atoms with Crippen LogP contribution in [0.1, 0.15) is 0 Å². The first-order valence-corrected chi connectivity index (χ1v) is 7.27. The van der Waals surface area contributed by atoms with Gasteiger partial charge in [-0.1, -0.05) is 6.58 Å². The van der Waals surface area contributed by atoms with Gasteiger partial charge in [0.15, 0.2) is 0 Å². The molecule has 1 fully saturated rings. The third-order valence-electron chi connectivity index (χ3n) is 3.00. The highest BCUT2D eigenvalue weighted by atomic mass is 32.2. The highest BCUT2D eigenvalue weighted by Crippen LogP contribution is 2.23. The fourth-order valence-electron chi connectivity index (χ4n) is 1.89. The van der Waals surface area contributed by atoms with Gasteiger partial charge in [-0.15, -0.1) is 11.8 Å². The number of nitrogens with one attached hydrogen (secondary N) is 1. The van der Waals surface area contributed by atoms with E-state index in [-0.39, 0.29) is 11.8 Å². The van der Waals surface area contributed by atoms with E-state index >= 15 is 0 Å². The molecule has 106 valence electrons. The van der Waals surface area contributed by atoms with Crippen molar-refractivity contribution in [3.05, 3.63) is 36.9 Å². The van der Waals surface area contributed by atoms with Gasteiger partial charge in [0.1, 0.15) is 11.8 Å². The number of ether oxygens (including phenoxy) is 1. The van der Waals surface area contributed by atoms with Crippen molar-refractivity contribution >= 4 is 29.3 Å². The maximum Gasteiger partial charge on any atom is 0.248 e. The van der Waals surface area contributed by atoms with E-state index in [0.717, 1.165) is 5.75 Å². The van der Waals surface area contributed by atoms with Crippen LogP contribution in [0.25, 0.3) is 0 Å². The summed E-state index contributed by atoms with van der Waals surface area (Å²) in [5.41, 5.74) is 0.679. The van der Waals surface area contributed by atoms with Crippen LogP contribution in [0.15, 0.2) is 36.9 Å². The maximum absolute atomic E-state index is 12.2. The number of amides is 2. The molecule has 1 aromatic carbocycles. The minimum absolute atomic E-state index is 0.185. The van der Waals surface area contributed by atoms with Gasteiger partial charge < -0.3 is 15.0 Å². The van der Waals surface area contributed by atoms with Gasteiger partial charge in [-0.05, 0) is 30.3 Å². The summed E-state index contributed by atoms with van der Waals surface area (Å²) in [6, 6.07) is 6.61. The zero-order chi connectivity index (χ0) is 14.5. The van der Waals surface area contributed by atoms with Crippen molar-refractivity contribution in [2.75, 3.05) is 24.1 Å².